The fraction of sp³-hybridized carbons (Fsp3) is 0.778. The van der Waals surface area contributed by atoms with E-state index in [2.05, 4.69) is 32.3 Å². The zero-order valence-corrected chi connectivity index (χ0v) is 8.99. The van der Waals surface area contributed by atoms with Crippen LogP contribution >= 0.6 is 0 Å². The molecule has 0 radical (unpaired) electrons. The van der Waals surface area contributed by atoms with E-state index in [-0.39, 0.29) is 0 Å². The van der Waals surface area contributed by atoms with Crippen LogP contribution in [0.5, 0.6) is 0 Å². The SMILES string of the molecule is CCNCc1nc(N2CCOCC2)n[nH]1. The molecule has 1 aromatic rings. The van der Waals surface area contributed by atoms with E-state index in [0.29, 0.717) is 0 Å². The minimum absolute atomic E-state index is 0.744. The van der Waals surface area contributed by atoms with Crippen molar-refractivity contribution in [2.45, 2.75) is 13.5 Å². The second kappa shape index (κ2) is 5.09. The normalized spacial score (nSPS) is 17.0. The van der Waals surface area contributed by atoms with Crippen molar-refractivity contribution in [3.8, 4) is 0 Å². The monoisotopic (exact) mass is 211 g/mol. The number of rotatable bonds is 4. The number of hydrogen-bond acceptors (Lipinski definition) is 5. The fourth-order valence-corrected chi connectivity index (χ4v) is 1.51. The first kappa shape index (κ1) is 10.4. The molecule has 0 amide bonds. The molecule has 2 rings (SSSR count). The Morgan fingerprint density at radius 2 is 2.27 bits per heavy atom. The maximum absolute atomic E-state index is 5.27. The van der Waals surface area contributed by atoms with E-state index in [0.717, 1.165) is 51.2 Å². The molecule has 2 N–H and O–H groups in total. The van der Waals surface area contributed by atoms with Crippen molar-refractivity contribution in [2.24, 2.45) is 0 Å². The molecule has 0 bridgehead atoms. The Labute approximate surface area is 89.0 Å². The summed E-state index contributed by atoms with van der Waals surface area (Å²) in [5.41, 5.74) is 0. The zero-order valence-electron chi connectivity index (χ0n) is 8.99. The van der Waals surface area contributed by atoms with Crippen LogP contribution in [0.4, 0.5) is 5.95 Å². The van der Waals surface area contributed by atoms with Crippen LogP contribution in [-0.2, 0) is 11.3 Å². The Morgan fingerprint density at radius 1 is 1.47 bits per heavy atom. The summed E-state index contributed by atoms with van der Waals surface area (Å²) < 4.78 is 5.27. The highest BCUT2D eigenvalue weighted by Crippen LogP contribution is 2.08. The third kappa shape index (κ3) is 2.66. The topological polar surface area (TPSA) is 66.1 Å². The average Bonchev–Trinajstić information content (AvgIpc) is 2.76. The number of aromatic nitrogens is 3. The molecule has 1 aliphatic rings. The summed E-state index contributed by atoms with van der Waals surface area (Å²) in [6.45, 7) is 7.02. The number of hydrogen-bond donors (Lipinski definition) is 2. The third-order valence-corrected chi connectivity index (χ3v) is 2.36. The maximum atomic E-state index is 5.27. The number of morpholine rings is 1. The average molecular weight is 211 g/mol. The van der Waals surface area contributed by atoms with Gasteiger partial charge in [-0.05, 0) is 6.54 Å². The Balaban J connectivity index is 1.93. The molecule has 0 aromatic carbocycles. The Kier molecular flexibility index (Phi) is 3.52. The number of H-pyrrole nitrogens is 1. The highest BCUT2D eigenvalue weighted by atomic mass is 16.5. The van der Waals surface area contributed by atoms with Crippen LogP contribution in [0.1, 0.15) is 12.7 Å². The van der Waals surface area contributed by atoms with Crippen LogP contribution in [0.2, 0.25) is 0 Å². The molecule has 1 aliphatic heterocycles. The van der Waals surface area contributed by atoms with Crippen LogP contribution in [0.15, 0.2) is 0 Å². The molecule has 0 saturated carbocycles. The molecule has 6 nitrogen and oxygen atoms in total. The molecule has 1 aromatic heterocycles. The minimum atomic E-state index is 0.744. The summed E-state index contributed by atoms with van der Waals surface area (Å²) in [5, 5.41) is 10.3. The quantitative estimate of drug-likeness (QED) is 0.719. The molecule has 1 fully saturated rings. The molecule has 6 heteroatoms. The van der Waals surface area contributed by atoms with Gasteiger partial charge in [-0.2, -0.15) is 4.98 Å². The van der Waals surface area contributed by atoms with Gasteiger partial charge in [0.05, 0.1) is 19.8 Å². The predicted octanol–water partition coefficient (Wildman–Crippen LogP) is -0.249. The predicted molar refractivity (Wildman–Crippen MR) is 56.8 cm³/mol. The van der Waals surface area contributed by atoms with Crippen LogP contribution in [-0.4, -0.2) is 48.0 Å². The molecule has 15 heavy (non-hydrogen) atoms. The minimum Gasteiger partial charge on any atom is -0.378 e. The van der Waals surface area contributed by atoms with Gasteiger partial charge in [-0.3, -0.25) is 5.10 Å². The van der Waals surface area contributed by atoms with Crippen LogP contribution < -0.4 is 10.2 Å². The van der Waals surface area contributed by atoms with E-state index in [9.17, 15) is 0 Å². The van der Waals surface area contributed by atoms with E-state index in [1.807, 2.05) is 0 Å². The maximum Gasteiger partial charge on any atom is 0.244 e. The summed E-state index contributed by atoms with van der Waals surface area (Å²) in [6.07, 6.45) is 0. The molecule has 0 atom stereocenters. The summed E-state index contributed by atoms with van der Waals surface area (Å²) >= 11 is 0. The van der Waals surface area contributed by atoms with Crippen molar-refractivity contribution >= 4 is 5.95 Å². The Bertz CT molecular complexity index is 294. The molecule has 2 heterocycles. The number of nitrogens with zero attached hydrogens (tertiary/aromatic N) is 3. The van der Waals surface area contributed by atoms with E-state index < -0.39 is 0 Å². The molecular formula is C9H17N5O. The van der Waals surface area contributed by atoms with Gasteiger partial charge in [-0.15, -0.1) is 5.10 Å². The second-order valence-corrected chi connectivity index (χ2v) is 3.46. The third-order valence-electron chi connectivity index (χ3n) is 2.36. The van der Waals surface area contributed by atoms with Gasteiger partial charge in [-0.25, -0.2) is 0 Å². The van der Waals surface area contributed by atoms with Crippen molar-refractivity contribution in [3.05, 3.63) is 5.82 Å². The molecule has 84 valence electrons. The summed E-state index contributed by atoms with van der Waals surface area (Å²) in [7, 11) is 0. The molecular weight excluding hydrogens is 194 g/mol. The number of anilines is 1. The fourth-order valence-electron chi connectivity index (χ4n) is 1.51. The lowest BCUT2D eigenvalue weighted by Crippen LogP contribution is -2.36. The molecule has 1 saturated heterocycles. The standard InChI is InChI=1S/C9H17N5O/c1-2-10-7-8-11-9(13-12-8)14-3-5-15-6-4-14/h10H,2-7H2,1H3,(H,11,12,13). The van der Waals surface area contributed by atoms with Crippen LogP contribution in [0.25, 0.3) is 0 Å². The first-order chi connectivity index (χ1) is 7.40. The Hall–Kier alpha value is -1.14. The van der Waals surface area contributed by atoms with Crippen molar-refractivity contribution in [1.29, 1.82) is 0 Å². The first-order valence-electron chi connectivity index (χ1n) is 5.35. The summed E-state index contributed by atoms with van der Waals surface area (Å²) in [5.74, 6) is 1.67. The van der Waals surface area contributed by atoms with Gasteiger partial charge in [0.15, 0.2) is 0 Å². The molecule has 0 aliphatic carbocycles. The number of nitrogens with one attached hydrogen (secondary N) is 2. The lowest BCUT2D eigenvalue weighted by atomic mass is 10.4. The largest absolute Gasteiger partial charge is 0.378 e. The van der Waals surface area contributed by atoms with Crippen LogP contribution in [0, 0.1) is 0 Å². The highest BCUT2D eigenvalue weighted by molar-refractivity contribution is 5.28. The van der Waals surface area contributed by atoms with Gasteiger partial charge in [0.2, 0.25) is 5.95 Å². The zero-order chi connectivity index (χ0) is 10.5. The summed E-state index contributed by atoms with van der Waals surface area (Å²) in [6, 6.07) is 0. The number of aromatic amines is 1. The second-order valence-electron chi connectivity index (χ2n) is 3.46. The van der Waals surface area contributed by atoms with Crippen molar-refractivity contribution in [3.63, 3.8) is 0 Å². The lowest BCUT2D eigenvalue weighted by molar-refractivity contribution is 0.122. The Morgan fingerprint density at radius 3 is 3.00 bits per heavy atom. The molecule has 0 unspecified atom stereocenters. The number of ether oxygens (including phenoxy) is 1. The van der Waals surface area contributed by atoms with Crippen molar-refractivity contribution in [2.75, 3.05) is 37.7 Å². The first-order valence-corrected chi connectivity index (χ1v) is 5.35. The van der Waals surface area contributed by atoms with E-state index >= 15 is 0 Å². The highest BCUT2D eigenvalue weighted by Gasteiger charge is 2.15. The van der Waals surface area contributed by atoms with Gasteiger partial charge >= 0.3 is 0 Å². The van der Waals surface area contributed by atoms with Crippen molar-refractivity contribution < 1.29 is 4.74 Å². The van der Waals surface area contributed by atoms with Crippen molar-refractivity contribution in [1.82, 2.24) is 20.5 Å². The van der Waals surface area contributed by atoms with Gasteiger partial charge in [-0.1, -0.05) is 6.92 Å². The van der Waals surface area contributed by atoms with Gasteiger partial charge in [0.25, 0.3) is 0 Å². The van der Waals surface area contributed by atoms with Gasteiger partial charge in [0.1, 0.15) is 5.82 Å². The summed E-state index contributed by atoms with van der Waals surface area (Å²) in [4.78, 5) is 6.55. The van der Waals surface area contributed by atoms with Gasteiger partial charge in [0, 0.05) is 13.1 Å². The lowest BCUT2D eigenvalue weighted by Gasteiger charge is -2.25. The van der Waals surface area contributed by atoms with E-state index in [4.69, 9.17) is 4.74 Å². The smallest absolute Gasteiger partial charge is 0.244 e. The van der Waals surface area contributed by atoms with E-state index in [1.54, 1.807) is 0 Å². The van der Waals surface area contributed by atoms with E-state index in [1.165, 1.54) is 0 Å². The van der Waals surface area contributed by atoms with Crippen LogP contribution in [0.3, 0.4) is 0 Å². The van der Waals surface area contributed by atoms with Gasteiger partial charge < -0.3 is 15.0 Å². The molecule has 0 spiro atoms.